The molecule has 0 saturated carbocycles. The predicted octanol–water partition coefficient (Wildman–Crippen LogP) is 5.84. The summed E-state index contributed by atoms with van der Waals surface area (Å²) in [5.41, 5.74) is 3.35. The number of carbonyl (C=O) groups excluding carboxylic acids is 1. The Morgan fingerprint density at radius 3 is 2.51 bits per heavy atom. The molecule has 188 valence electrons. The number of allylic oxidation sites excluding steroid dienone is 2. The summed E-state index contributed by atoms with van der Waals surface area (Å²) in [6.45, 7) is 10.8. The first-order valence-electron chi connectivity index (χ1n) is 12.3. The number of aliphatic hydroxyl groups is 1. The van der Waals surface area contributed by atoms with E-state index in [4.69, 9.17) is 15.1 Å². The quantitative estimate of drug-likeness (QED) is 0.511. The molecular formula is C28H38N4O3. The van der Waals surface area contributed by atoms with Crippen LogP contribution in [-0.4, -0.2) is 38.8 Å². The van der Waals surface area contributed by atoms with Gasteiger partial charge in [0.05, 0.1) is 24.0 Å². The van der Waals surface area contributed by atoms with E-state index in [1.807, 2.05) is 37.3 Å². The zero-order chi connectivity index (χ0) is 25.7. The SMILES string of the molecule is CC1(C)CC=C(c2ccccc2NC(=O)c2ncc(C#N)[nH]2)CC1.CC1(C)CCC[C@](C)(CO)O1. The molecule has 0 spiro atoms. The van der Waals surface area contributed by atoms with Crippen LogP contribution in [0.4, 0.5) is 5.69 Å². The third-order valence-corrected chi connectivity index (χ3v) is 6.75. The topological polar surface area (TPSA) is 111 Å². The standard InChI is InChI=1S/C19H20N4O.C9H18O2/c1-19(2)9-7-13(8-10-19)15-5-3-4-6-16(15)23-18(24)17-21-12-14(11-20)22-17;1-8(2)5-4-6-9(3,7-10)11-8/h3-7,12H,8-10H2,1-2H3,(H,21,22)(H,23,24);10H,4-7H2,1-3H3/t;9-/m.1/s1. The molecule has 1 saturated heterocycles. The first-order valence-corrected chi connectivity index (χ1v) is 12.3. The van der Waals surface area contributed by atoms with Gasteiger partial charge >= 0.3 is 0 Å². The van der Waals surface area contributed by atoms with E-state index in [0.717, 1.165) is 49.8 Å². The number of para-hydroxylation sites is 1. The van der Waals surface area contributed by atoms with Crippen molar-refractivity contribution in [2.75, 3.05) is 11.9 Å². The van der Waals surface area contributed by atoms with E-state index in [-0.39, 0.29) is 35.2 Å². The molecule has 3 N–H and O–H groups in total. The van der Waals surface area contributed by atoms with Gasteiger partial charge in [0, 0.05) is 11.3 Å². The fraction of sp³-hybridized carbons (Fsp3) is 0.536. The number of anilines is 1. The summed E-state index contributed by atoms with van der Waals surface area (Å²) in [5, 5.41) is 20.8. The fourth-order valence-electron chi connectivity index (χ4n) is 4.64. The minimum atomic E-state index is -0.347. The molecule has 1 amide bonds. The normalized spacial score (nSPS) is 22.7. The molecule has 1 aromatic carbocycles. The van der Waals surface area contributed by atoms with Gasteiger partial charge in [0.1, 0.15) is 11.8 Å². The lowest BCUT2D eigenvalue weighted by Crippen LogP contribution is -2.45. The molecule has 4 rings (SSSR count). The zero-order valence-electron chi connectivity index (χ0n) is 21.6. The molecule has 1 fully saturated rings. The summed E-state index contributed by atoms with van der Waals surface area (Å²) >= 11 is 0. The highest BCUT2D eigenvalue weighted by Crippen LogP contribution is 2.39. The van der Waals surface area contributed by atoms with Crippen LogP contribution in [0.15, 0.2) is 36.5 Å². The number of nitrogens with one attached hydrogen (secondary N) is 2. The largest absolute Gasteiger partial charge is 0.393 e. The lowest BCUT2D eigenvalue weighted by Gasteiger charge is -2.42. The Balaban J connectivity index is 0.000000261. The number of ether oxygens (including phenoxy) is 1. The highest BCUT2D eigenvalue weighted by Gasteiger charge is 2.36. The maximum Gasteiger partial charge on any atom is 0.291 e. The monoisotopic (exact) mass is 478 g/mol. The van der Waals surface area contributed by atoms with E-state index in [1.165, 1.54) is 11.8 Å². The third kappa shape index (κ3) is 7.27. The Morgan fingerprint density at radius 1 is 1.20 bits per heavy atom. The van der Waals surface area contributed by atoms with Crippen LogP contribution in [0.25, 0.3) is 5.57 Å². The summed E-state index contributed by atoms with van der Waals surface area (Å²) in [7, 11) is 0. The van der Waals surface area contributed by atoms with Crippen molar-refractivity contribution >= 4 is 17.2 Å². The van der Waals surface area contributed by atoms with Crippen LogP contribution in [0.3, 0.4) is 0 Å². The molecule has 2 aliphatic rings. The van der Waals surface area contributed by atoms with Crippen molar-refractivity contribution in [3.8, 4) is 6.07 Å². The Morgan fingerprint density at radius 2 is 1.94 bits per heavy atom. The first-order chi connectivity index (χ1) is 16.5. The predicted molar refractivity (Wildman–Crippen MR) is 138 cm³/mol. The van der Waals surface area contributed by atoms with Gasteiger partial charge in [-0.25, -0.2) is 4.98 Å². The summed E-state index contributed by atoms with van der Waals surface area (Å²) in [5.74, 6) is -0.208. The van der Waals surface area contributed by atoms with E-state index in [9.17, 15) is 4.79 Å². The highest BCUT2D eigenvalue weighted by atomic mass is 16.5. The lowest BCUT2D eigenvalue weighted by molar-refractivity contribution is -0.181. The minimum Gasteiger partial charge on any atom is -0.393 e. The second-order valence-corrected chi connectivity index (χ2v) is 11.2. The maximum atomic E-state index is 12.3. The van der Waals surface area contributed by atoms with Gasteiger partial charge in [0.2, 0.25) is 0 Å². The van der Waals surface area contributed by atoms with Crippen molar-refractivity contribution < 1.29 is 14.6 Å². The Kier molecular flexibility index (Phi) is 8.19. The highest BCUT2D eigenvalue weighted by molar-refractivity contribution is 6.03. The molecule has 0 bridgehead atoms. The Labute approximate surface area is 208 Å². The van der Waals surface area contributed by atoms with E-state index in [0.29, 0.717) is 5.41 Å². The summed E-state index contributed by atoms with van der Waals surface area (Å²) in [4.78, 5) is 19.0. The van der Waals surface area contributed by atoms with Gasteiger partial charge in [0.15, 0.2) is 5.82 Å². The summed E-state index contributed by atoms with van der Waals surface area (Å²) in [6.07, 6.45) is 10.0. The van der Waals surface area contributed by atoms with Crippen LogP contribution in [0.1, 0.15) is 95.0 Å². The summed E-state index contributed by atoms with van der Waals surface area (Å²) in [6, 6.07) is 9.73. The number of hydrogen-bond donors (Lipinski definition) is 3. The van der Waals surface area contributed by atoms with E-state index < -0.39 is 0 Å². The van der Waals surface area contributed by atoms with Crippen molar-refractivity contribution in [2.24, 2.45) is 5.41 Å². The number of H-pyrrole nitrogens is 1. The van der Waals surface area contributed by atoms with Gasteiger partial charge in [-0.3, -0.25) is 4.79 Å². The average Bonchev–Trinajstić information content (AvgIpc) is 3.29. The number of hydrogen-bond acceptors (Lipinski definition) is 5. The van der Waals surface area contributed by atoms with Gasteiger partial charge in [0.25, 0.3) is 5.91 Å². The first kappa shape index (κ1) is 26.7. The Hall–Kier alpha value is -2.95. The molecule has 1 aliphatic heterocycles. The van der Waals surface area contributed by atoms with Gasteiger partial charge < -0.3 is 20.1 Å². The van der Waals surface area contributed by atoms with Crippen molar-refractivity contribution in [3.05, 3.63) is 53.6 Å². The zero-order valence-corrected chi connectivity index (χ0v) is 21.6. The van der Waals surface area contributed by atoms with Crippen LogP contribution in [0.5, 0.6) is 0 Å². The van der Waals surface area contributed by atoms with E-state index in [2.05, 4.69) is 49.1 Å². The molecule has 0 radical (unpaired) electrons. The molecule has 2 heterocycles. The Bertz CT molecular complexity index is 1110. The molecule has 0 unspecified atom stereocenters. The number of rotatable bonds is 4. The number of nitriles is 1. The van der Waals surface area contributed by atoms with Crippen molar-refractivity contribution in [1.82, 2.24) is 9.97 Å². The number of amides is 1. The van der Waals surface area contributed by atoms with Crippen molar-refractivity contribution in [3.63, 3.8) is 0 Å². The average molecular weight is 479 g/mol. The number of imidazole rings is 1. The van der Waals surface area contributed by atoms with Crippen LogP contribution in [0.2, 0.25) is 0 Å². The van der Waals surface area contributed by atoms with Crippen LogP contribution in [0, 0.1) is 16.7 Å². The molecule has 2 aromatic rings. The maximum absolute atomic E-state index is 12.3. The van der Waals surface area contributed by atoms with E-state index >= 15 is 0 Å². The van der Waals surface area contributed by atoms with E-state index in [1.54, 1.807) is 0 Å². The minimum absolute atomic E-state index is 0.0459. The van der Waals surface area contributed by atoms with Gasteiger partial charge in [-0.05, 0) is 76.4 Å². The van der Waals surface area contributed by atoms with Crippen LogP contribution >= 0.6 is 0 Å². The second-order valence-electron chi connectivity index (χ2n) is 11.2. The molecule has 1 aliphatic carbocycles. The van der Waals surface area contributed by atoms with Gasteiger partial charge in [-0.2, -0.15) is 5.26 Å². The fourth-order valence-corrected chi connectivity index (χ4v) is 4.64. The third-order valence-electron chi connectivity index (χ3n) is 6.75. The number of nitrogens with zero attached hydrogens (tertiary/aromatic N) is 2. The number of aromatic amines is 1. The molecular weight excluding hydrogens is 440 g/mol. The van der Waals surface area contributed by atoms with Crippen LogP contribution < -0.4 is 5.32 Å². The number of benzene rings is 1. The number of aromatic nitrogens is 2. The smallest absolute Gasteiger partial charge is 0.291 e. The molecule has 7 nitrogen and oxygen atoms in total. The second kappa shape index (κ2) is 10.8. The molecule has 7 heteroatoms. The number of aliphatic hydroxyl groups excluding tert-OH is 1. The molecule has 1 atom stereocenters. The summed E-state index contributed by atoms with van der Waals surface area (Å²) < 4.78 is 5.76. The van der Waals surface area contributed by atoms with Crippen LogP contribution in [-0.2, 0) is 4.74 Å². The lowest BCUT2D eigenvalue weighted by atomic mass is 9.77. The van der Waals surface area contributed by atoms with Gasteiger partial charge in [-0.15, -0.1) is 0 Å². The van der Waals surface area contributed by atoms with Crippen molar-refractivity contribution in [2.45, 2.75) is 84.3 Å². The number of carbonyl (C=O) groups is 1. The van der Waals surface area contributed by atoms with Gasteiger partial charge in [-0.1, -0.05) is 38.1 Å². The van der Waals surface area contributed by atoms with Crippen molar-refractivity contribution in [1.29, 1.82) is 5.26 Å². The molecule has 1 aromatic heterocycles. The molecule has 35 heavy (non-hydrogen) atoms.